The summed E-state index contributed by atoms with van der Waals surface area (Å²) in [5, 5.41) is 9.42. The van der Waals surface area contributed by atoms with Gasteiger partial charge in [0.1, 0.15) is 6.10 Å². The highest BCUT2D eigenvalue weighted by Gasteiger charge is 2.30. The summed E-state index contributed by atoms with van der Waals surface area (Å²) < 4.78 is 26.4. The molecular formula is C13H18N2O4S. The predicted molar refractivity (Wildman–Crippen MR) is 74.9 cm³/mol. The van der Waals surface area contributed by atoms with Gasteiger partial charge in [-0.25, -0.2) is 13.1 Å². The maximum Gasteiger partial charge on any atom is 0.255 e. The lowest BCUT2D eigenvalue weighted by atomic mass is 10.3. The molecule has 1 atom stereocenters. The molecule has 20 heavy (non-hydrogen) atoms. The summed E-state index contributed by atoms with van der Waals surface area (Å²) >= 11 is 0. The van der Waals surface area contributed by atoms with E-state index in [-0.39, 0.29) is 16.8 Å². The minimum atomic E-state index is -3.53. The van der Waals surface area contributed by atoms with Gasteiger partial charge in [-0.05, 0) is 38.1 Å². The fourth-order valence-electron chi connectivity index (χ4n) is 2.10. The number of nitrogens with one attached hydrogen (secondary N) is 1. The van der Waals surface area contributed by atoms with E-state index in [0.717, 1.165) is 0 Å². The minimum Gasteiger partial charge on any atom is -0.383 e. The third kappa shape index (κ3) is 3.00. The fourth-order valence-corrected chi connectivity index (χ4v) is 3.36. The van der Waals surface area contributed by atoms with Crippen LogP contribution >= 0.6 is 0 Å². The number of hydrogen-bond acceptors (Lipinski definition) is 4. The third-order valence-corrected chi connectivity index (χ3v) is 4.70. The molecule has 0 radical (unpaired) electrons. The number of carbonyl (C=O) groups excluding carboxylic acids is 1. The van der Waals surface area contributed by atoms with Crippen molar-refractivity contribution < 1.29 is 18.3 Å². The second-order valence-electron chi connectivity index (χ2n) is 5.06. The van der Waals surface area contributed by atoms with Crippen molar-refractivity contribution >= 4 is 21.6 Å². The van der Waals surface area contributed by atoms with E-state index in [0.29, 0.717) is 18.7 Å². The number of sulfonamides is 1. The molecule has 7 heteroatoms. The van der Waals surface area contributed by atoms with Crippen LogP contribution in [0.25, 0.3) is 0 Å². The van der Waals surface area contributed by atoms with Gasteiger partial charge in [-0.1, -0.05) is 0 Å². The summed E-state index contributed by atoms with van der Waals surface area (Å²) in [6.07, 6.45) is -0.561. The van der Waals surface area contributed by atoms with Crippen LogP contribution in [0.5, 0.6) is 0 Å². The van der Waals surface area contributed by atoms with E-state index >= 15 is 0 Å². The van der Waals surface area contributed by atoms with Gasteiger partial charge < -0.3 is 10.0 Å². The van der Waals surface area contributed by atoms with Gasteiger partial charge in [0.05, 0.1) is 4.90 Å². The number of hydrogen-bond donors (Lipinski definition) is 2. The molecule has 6 nitrogen and oxygen atoms in total. The zero-order chi connectivity index (χ0) is 14.9. The molecule has 0 saturated carbocycles. The first-order valence-electron chi connectivity index (χ1n) is 6.43. The van der Waals surface area contributed by atoms with Crippen LogP contribution in [0.1, 0.15) is 20.3 Å². The van der Waals surface area contributed by atoms with Crippen molar-refractivity contribution in [3.8, 4) is 0 Å². The van der Waals surface area contributed by atoms with Crippen LogP contribution in [-0.4, -0.2) is 38.1 Å². The Hall–Kier alpha value is -1.44. The molecule has 110 valence electrons. The maximum atomic E-state index is 12.0. The number of benzene rings is 1. The summed E-state index contributed by atoms with van der Waals surface area (Å²) in [4.78, 5) is 13.3. The number of carbonyl (C=O) groups is 1. The Balaban J connectivity index is 2.21. The molecule has 2 N–H and O–H groups in total. The first-order valence-corrected chi connectivity index (χ1v) is 7.91. The second-order valence-corrected chi connectivity index (χ2v) is 6.78. The molecule has 1 aromatic rings. The Morgan fingerprint density at radius 1 is 1.30 bits per heavy atom. The standard InChI is InChI=1S/C13H18N2O4S/c1-9(2)14-20(18,19)11-5-3-10(4-6-11)15-8-7-12(16)13(15)17/h3-6,9,12,14,16H,7-8H2,1-2H3. The van der Waals surface area contributed by atoms with E-state index in [2.05, 4.69) is 4.72 Å². The molecule has 0 aliphatic carbocycles. The minimum absolute atomic E-state index is 0.155. The summed E-state index contributed by atoms with van der Waals surface area (Å²) in [6.45, 7) is 3.93. The summed E-state index contributed by atoms with van der Waals surface area (Å²) in [6, 6.07) is 5.88. The Bertz CT molecular complexity index is 595. The lowest BCUT2D eigenvalue weighted by molar-refractivity contribution is -0.123. The smallest absolute Gasteiger partial charge is 0.255 e. The zero-order valence-electron chi connectivity index (χ0n) is 11.4. The van der Waals surface area contributed by atoms with Crippen LogP contribution in [0.15, 0.2) is 29.2 Å². The number of rotatable bonds is 4. The first kappa shape index (κ1) is 15.0. The van der Waals surface area contributed by atoms with Crippen LogP contribution in [0.2, 0.25) is 0 Å². The highest BCUT2D eigenvalue weighted by molar-refractivity contribution is 7.89. The van der Waals surface area contributed by atoms with Crippen molar-refractivity contribution in [3.05, 3.63) is 24.3 Å². The van der Waals surface area contributed by atoms with Crippen LogP contribution in [0, 0.1) is 0 Å². The van der Waals surface area contributed by atoms with Crippen LogP contribution in [-0.2, 0) is 14.8 Å². The third-order valence-electron chi connectivity index (χ3n) is 3.03. The zero-order valence-corrected chi connectivity index (χ0v) is 12.2. The van der Waals surface area contributed by atoms with Crippen molar-refractivity contribution in [1.82, 2.24) is 4.72 Å². The number of anilines is 1. The Morgan fingerprint density at radius 3 is 2.35 bits per heavy atom. The predicted octanol–water partition coefficient (Wildman–Crippen LogP) is 0.471. The molecule has 1 amide bonds. The highest BCUT2D eigenvalue weighted by Crippen LogP contribution is 2.23. The van der Waals surface area contributed by atoms with E-state index in [1.165, 1.54) is 17.0 Å². The Morgan fingerprint density at radius 2 is 1.90 bits per heavy atom. The lowest BCUT2D eigenvalue weighted by Gasteiger charge is -2.16. The van der Waals surface area contributed by atoms with Gasteiger partial charge in [0.25, 0.3) is 5.91 Å². The first-order chi connectivity index (χ1) is 9.31. The van der Waals surface area contributed by atoms with Crippen molar-refractivity contribution in [2.75, 3.05) is 11.4 Å². The molecule has 1 saturated heterocycles. The summed E-state index contributed by atoms with van der Waals surface area (Å²) in [5.74, 6) is -0.346. The number of aliphatic hydroxyl groups is 1. The van der Waals surface area contributed by atoms with E-state index in [1.54, 1.807) is 26.0 Å². The molecule has 2 rings (SSSR count). The normalized spacial score (nSPS) is 19.9. The van der Waals surface area contributed by atoms with E-state index in [9.17, 15) is 18.3 Å². The quantitative estimate of drug-likeness (QED) is 0.846. The molecule has 1 fully saturated rings. The average Bonchev–Trinajstić information content (AvgIpc) is 2.69. The molecule has 0 aromatic heterocycles. The van der Waals surface area contributed by atoms with Gasteiger partial charge in [-0.2, -0.15) is 0 Å². The maximum absolute atomic E-state index is 12.0. The van der Waals surface area contributed by atoms with Crippen LogP contribution in [0.4, 0.5) is 5.69 Å². The summed E-state index contributed by atoms with van der Waals surface area (Å²) in [5.41, 5.74) is 0.593. The van der Waals surface area contributed by atoms with Crippen molar-refractivity contribution in [3.63, 3.8) is 0 Å². The van der Waals surface area contributed by atoms with Crippen molar-refractivity contribution in [1.29, 1.82) is 0 Å². The molecule has 0 spiro atoms. The number of amides is 1. The topological polar surface area (TPSA) is 86.7 Å². The van der Waals surface area contributed by atoms with E-state index in [1.807, 2.05) is 0 Å². The molecule has 1 aliphatic rings. The Kier molecular flexibility index (Phi) is 4.12. The molecular weight excluding hydrogens is 280 g/mol. The number of nitrogens with zero attached hydrogens (tertiary/aromatic N) is 1. The molecule has 1 heterocycles. The fraction of sp³-hybridized carbons (Fsp3) is 0.462. The Labute approximate surface area is 118 Å². The highest BCUT2D eigenvalue weighted by atomic mass is 32.2. The largest absolute Gasteiger partial charge is 0.383 e. The average molecular weight is 298 g/mol. The van der Waals surface area contributed by atoms with Gasteiger partial charge in [0.15, 0.2) is 0 Å². The van der Waals surface area contributed by atoms with Gasteiger partial charge in [0, 0.05) is 24.7 Å². The van der Waals surface area contributed by atoms with E-state index in [4.69, 9.17) is 0 Å². The van der Waals surface area contributed by atoms with Crippen LogP contribution in [0.3, 0.4) is 0 Å². The molecule has 1 aliphatic heterocycles. The molecule has 1 aromatic carbocycles. The van der Waals surface area contributed by atoms with Gasteiger partial charge in [-0.3, -0.25) is 4.79 Å². The summed E-state index contributed by atoms with van der Waals surface area (Å²) in [7, 11) is -3.53. The number of aliphatic hydroxyl groups excluding tert-OH is 1. The monoisotopic (exact) mass is 298 g/mol. The lowest BCUT2D eigenvalue weighted by Crippen LogP contribution is -2.30. The van der Waals surface area contributed by atoms with Gasteiger partial charge >= 0.3 is 0 Å². The van der Waals surface area contributed by atoms with Crippen molar-refractivity contribution in [2.24, 2.45) is 0 Å². The van der Waals surface area contributed by atoms with Crippen molar-refractivity contribution in [2.45, 2.75) is 37.3 Å². The van der Waals surface area contributed by atoms with E-state index < -0.39 is 16.1 Å². The second kappa shape index (κ2) is 5.51. The molecule has 1 unspecified atom stereocenters. The van der Waals surface area contributed by atoms with Crippen LogP contribution < -0.4 is 9.62 Å². The molecule has 0 bridgehead atoms. The SMILES string of the molecule is CC(C)NS(=O)(=O)c1ccc(N2CCC(O)C2=O)cc1. The van der Waals surface area contributed by atoms with Gasteiger partial charge in [-0.15, -0.1) is 0 Å². The van der Waals surface area contributed by atoms with Gasteiger partial charge in [0.2, 0.25) is 10.0 Å².